The zero-order valence-corrected chi connectivity index (χ0v) is 27.4. The predicted molar refractivity (Wildman–Crippen MR) is 181 cm³/mol. The highest BCUT2D eigenvalue weighted by molar-refractivity contribution is 8.03. The number of carboxylic acid groups (broad SMARTS) is 2. The van der Waals surface area contributed by atoms with Crippen LogP contribution in [0.5, 0.6) is 0 Å². The van der Waals surface area contributed by atoms with E-state index in [0.717, 1.165) is 34.6 Å². The molecule has 1 aliphatic heterocycles. The van der Waals surface area contributed by atoms with Gasteiger partial charge in [0.1, 0.15) is 4.70 Å². The Morgan fingerprint density at radius 1 is 1.02 bits per heavy atom. The maximum absolute atomic E-state index is 10.9. The van der Waals surface area contributed by atoms with Crippen LogP contribution in [-0.2, 0) is 16.1 Å². The number of aromatic nitrogens is 1. The van der Waals surface area contributed by atoms with E-state index in [9.17, 15) is 14.7 Å². The monoisotopic (exact) mass is 656 g/mol. The molecule has 0 radical (unpaired) electrons. The Balaban J connectivity index is 1.43. The zero-order valence-electron chi connectivity index (χ0n) is 23.4. The number of thioether (sulfide) groups is 4. The smallest absolute Gasteiger partial charge is 0.313 e. The maximum atomic E-state index is 10.9. The molecule has 6 nitrogen and oxygen atoms in total. The van der Waals surface area contributed by atoms with E-state index in [4.69, 9.17) is 5.11 Å². The van der Waals surface area contributed by atoms with Gasteiger partial charge in [0.2, 0.25) is 5.52 Å². The number of nitrogens with zero attached hydrogens (tertiary/aromatic N) is 2. The van der Waals surface area contributed by atoms with E-state index >= 15 is 0 Å². The first kappa shape index (κ1) is 32.3. The lowest BCUT2D eigenvalue weighted by Crippen LogP contribution is -2.36. The predicted octanol–water partition coefficient (Wildman–Crippen LogP) is 6.10. The lowest BCUT2D eigenvalue weighted by atomic mass is 10.2. The number of rotatable bonds is 15. The molecule has 2 aromatic carbocycles. The van der Waals surface area contributed by atoms with Gasteiger partial charge in [-0.05, 0) is 49.1 Å². The Morgan fingerprint density at radius 3 is 2.60 bits per heavy atom. The first-order chi connectivity index (χ1) is 20.4. The van der Waals surface area contributed by atoms with Gasteiger partial charge >= 0.3 is 5.97 Å². The van der Waals surface area contributed by atoms with Crippen molar-refractivity contribution < 1.29 is 24.4 Å². The average molecular weight is 657 g/mol. The Hall–Kier alpha value is -2.57. The summed E-state index contributed by atoms with van der Waals surface area (Å²) in [5.74, 6) is -0.281. The summed E-state index contributed by atoms with van der Waals surface area (Å²) in [7, 11) is 0. The summed E-state index contributed by atoms with van der Waals surface area (Å²) in [6, 6.07) is 12.9. The molecule has 0 fully saturated rings. The van der Waals surface area contributed by atoms with E-state index in [2.05, 4.69) is 71.2 Å². The lowest BCUT2D eigenvalue weighted by Gasteiger charge is -2.20. The lowest BCUT2D eigenvalue weighted by molar-refractivity contribution is -0.664. The van der Waals surface area contributed by atoms with Crippen LogP contribution in [0.2, 0.25) is 0 Å². The molecule has 0 aliphatic carbocycles. The number of thiazole rings is 1. The summed E-state index contributed by atoms with van der Waals surface area (Å²) < 4.78 is 3.48. The van der Waals surface area contributed by atoms with Crippen molar-refractivity contribution in [3.05, 3.63) is 88.5 Å². The van der Waals surface area contributed by atoms with Crippen LogP contribution in [0.3, 0.4) is 0 Å². The molecule has 11 heteroatoms. The Labute approximate surface area is 267 Å². The molecule has 220 valence electrons. The highest BCUT2D eigenvalue weighted by Gasteiger charge is 2.24. The van der Waals surface area contributed by atoms with Crippen LogP contribution in [0.15, 0.2) is 87.7 Å². The van der Waals surface area contributed by atoms with Crippen molar-refractivity contribution in [2.75, 3.05) is 40.7 Å². The second-order valence-electron chi connectivity index (χ2n) is 9.16. The largest absolute Gasteiger partial charge is 0.549 e. The maximum Gasteiger partial charge on any atom is 0.313 e. The average Bonchev–Trinajstić information content (AvgIpc) is 3.48. The fourth-order valence-electron chi connectivity index (χ4n) is 4.22. The summed E-state index contributed by atoms with van der Waals surface area (Å²) >= 11 is 7.97. The van der Waals surface area contributed by atoms with E-state index < -0.39 is 11.9 Å². The summed E-state index contributed by atoms with van der Waals surface area (Å²) in [5.41, 5.74) is 3.53. The van der Waals surface area contributed by atoms with Gasteiger partial charge in [0, 0.05) is 40.0 Å². The quantitative estimate of drug-likeness (QED) is 0.0903. The Bertz CT molecular complexity index is 1540. The van der Waals surface area contributed by atoms with E-state index in [1.807, 2.05) is 30.4 Å². The Kier molecular flexibility index (Phi) is 12.6. The van der Waals surface area contributed by atoms with E-state index in [0.29, 0.717) is 5.75 Å². The van der Waals surface area contributed by atoms with Crippen molar-refractivity contribution in [1.29, 1.82) is 0 Å². The molecule has 0 atom stereocenters. The van der Waals surface area contributed by atoms with E-state index in [1.165, 1.54) is 49.1 Å². The molecule has 0 unspecified atom stereocenters. The number of aliphatic carboxylic acids is 2. The highest BCUT2D eigenvalue weighted by atomic mass is 32.2. The Morgan fingerprint density at radius 2 is 1.81 bits per heavy atom. The molecule has 42 heavy (non-hydrogen) atoms. The van der Waals surface area contributed by atoms with Crippen LogP contribution >= 0.6 is 58.4 Å². The third-order valence-electron chi connectivity index (χ3n) is 6.11. The fourth-order valence-corrected chi connectivity index (χ4v) is 8.07. The molecule has 0 saturated carbocycles. The van der Waals surface area contributed by atoms with Crippen LogP contribution in [0.1, 0.15) is 10.6 Å². The molecule has 1 aliphatic rings. The van der Waals surface area contributed by atoms with Crippen LogP contribution in [0.4, 0.5) is 5.69 Å². The fraction of sp³-hybridized carbons (Fsp3) is 0.258. The zero-order chi connectivity index (χ0) is 29.9. The van der Waals surface area contributed by atoms with Crippen LogP contribution in [0.25, 0.3) is 16.3 Å². The van der Waals surface area contributed by atoms with Crippen molar-refractivity contribution in [2.24, 2.45) is 0 Å². The highest BCUT2D eigenvalue weighted by Crippen LogP contribution is 2.46. The van der Waals surface area contributed by atoms with Crippen molar-refractivity contribution in [1.82, 2.24) is 0 Å². The number of anilines is 1. The third kappa shape index (κ3) is 9.21. The number of carbonyl (C=O) groups excluding carboxylic acids is 1. The van der Waals surface area contributed by atoms with Crippen molar-refractivity contribution >= 4 is 92.3 Å². The minimum atomic E-state index is -1.03. The molecule has 4 rings (SSSR count). The third-order valence-corrected chi connectivity index (χ3v) is 10.9. The van der Waals surface area contributed by atoms with Crippen molar-refractivity contribution in [3.63, 3.8) is 0 Å². The molecule has 1 aromatic heterocycles. The minimum absolute atomic E-state index is 0.00293. The van der Waals surface area contributed by atoms with E-state index in [-0.39, 0.29) is 11.5 Å². The molecule has 0 amide bonds. The molecule has 2 heterocycles. The number of carbonyl (C=O) groups is 2. The number of benzene rings is 2. The van der Waals surface area contributed by atoms with Gasteiger partial charge in [0.15, 0.2) is 6.54 Å². The molecule has 1 N–H and O–H groups in total. The standard InChI is InChI=1S/C31H32N2O4S5/c1-22-10-12-26-24(18-22)32(14-16-39-20-30(34)35)28(41-26)8-6-4-3-5-7-9-29-33(15-17-40-21-31(36)37)25-19-23(38-2)11-13-27(25)42-29/h3-13,18-19H,14-17,20-21H2,1-2H3,(H-,34,35,36,37). The number of hydrogen-bond donors (Lipinski definition) is 1. The second-order valence-corrected chi connectivity index (χ2v) is 14.4. The number of hydrogen-bond acceptors (Lipinski definition) is 9. The summed E-state index contributed by atoms with van der Waals surface area (Å²) in [6.07, 6.45) is 16.3. The van der Waals surface area contributed by atoms with Gasteiger partial charge in [-0.1, -0.05) is 59.5 Å². The van der Waals surface area contributed by atoms with Gasteiger partial charge in [0.25, 0.3) is 5.01 Å². The summed E-state index contributed by atoms with van der Waals surface area (Å²) in [6.45, 7) is 3.55. The first-order valence-electron chi connectivity index (χ1n) is 13.2. The van der Waals surface area contributed by atoms with Gasteiger partial charge in [0.05, 0.1) is 28.2 Å². The molecule has 0 bridgehead atoms. The molecule has 3 aromatic rings. The first-order valence-corrected chi connectivity index (χ1v) is 18.4. The van der Waals surface area contributed by atoms with Gasteiger partial charge in [-0.2, -0.15) is 16.3 Å². The van der Waals surface area contributed by atoms with Gasteiger partial charge in [-0.25, -0.2) is 0 Å². The number of fused-ring (bicyclic) bond motifs is 2. The summed E-state index contributed by atoms with van der Waals surface area (Å²) in [5, 5.41) is 22.0. The molecule has 0 saturated heterocycles. The molecule has 0 spiro atoms. The van der Waals surface area contributed by atoms with Gasteiger partial charge in [-0.3, -0.25) is 4.79 Å². The number of aryl methyl sites for hydroxylation is 2. The van der Waals surface area contributed by atoms with Crippen molar-refractivity contribution in [3.8, 4) is 0 Å². The van der Waals surface area contributed by atoms with Gasteiger partial charge in [-0.15, -0.1) is 23.5 Å². The van der Waals surface area contributed by atoms with E-state index in [1.54, 1.807) is 34.9 Å². The van der Waals surface area contributed by atoms with Crippen molar-refractivity contribution in [2.45, 2.75) is 23.3 Å². The second kappa shape index (κ2) is 16.3. The number of carboxylic acids is 2. The normalized spacial score (nSPS) is 14.3. The summed E-state index contributed by atoms with van der Waals surface area (Å²) in [4.78, 5) is 26.4. The van der Waals surface area contributed by atoms with Crippen LogP contribution in [-0.4, -0.2) is 52.9 Å². The minimum Gasteiger partial charge on any atom is -0.549 e. The molecular formula is C31H32N2O4S5. The van der Waals surface area contributed by atoms with Gasteiger partial charge < -0.3 is 19.9 Å². The molecular weight excluding hydrogens is 625 g/mol. The van der Waals surface area contributed by atoms with Crippen LogP contribution < -0.4 is 14.6 Å². The van der Waals surface area contributed by atoms with Crippen LogP contribution in [0, 0.1) is 6.92 Å². The SMILES string of the molecule is CSc1ccc2sc(/C=C/C=C/C=C/C=C3\Sc4ccc(C)cc4N3CCSCC(=O)[O-])[n+](CCSCC(=O)O)c2c1. The number of allylic oxidation sites excluding steroid dienone is 6. The topological polar surface area (TPSA) is 84.6 Å².